The predicted molar refractivity (Wildman–Crippen MR) is 109 cm³/mol. The van der Waals surface area contributed by atoms with Gasteiger partial charge in [-0.2, -0.15) is 0 Å². The number of ether oxygens (including phenoxy) is 1. The third kappa shape index (κ3) is 4.44. The van der Waals surface area contributed by atoms with E-state index < -0.39 is 0 Å². The normalized spacial score (nSPS) is 10.3. The molecule has 138 valence electrons. The van der Waals surface area contributed by atoms with Crippen molar-refractivity contribution in [1.82, 2.24) is 4.98 Å². The van der Waals surface area contributed by atoms with E-state index in [0.717, 1.165) is 23.4 Å². The first-order valence-corrected chi connectivity index (χ1v) is 8.87. The molecular formula is C22H23N3O2. The molecule has 0 radical (unpaired) electrons. The fraction of sp³-hybridized carbons (Fsp3) is 0.182. The van der Waals surface area contributed by atoms with Crippen LogP contribution >= 0.6 is 0 Å². The highest BCUT2D eigenvalue weighted by Gasteiger charge is 2.11. The van der Waals surface area contributed by atoms with Gasteiger partial charge in [0.05, 0.1) is 7.11 Å². The van der Waals surface area contributed by atoms with E-state index in [0.29, 0.717) is 17.1 Å². The van der Waals surface area contributed by atoms with E-state index in [2.05, 4.69) is 47.7 Å². The Labute approximate surface area is 159 Å². The molecule has 2 N–H and O–H groups in total. The third-order valence-corrected chi connectivity index (χ3v) is 4.33. The van der Waals surface area contributed by atoms with Crippen molar-refractivity contribution in [2.45, 2.75) is 20.3 Å². The van der Waals surface area contributed by atoms with E-state index in [1.54, 1.807) is 25.4 Å². The van der Waals surface area contributed by atoms with Crippen LogP contribution in [0.1, 0.15) is 28.5 Å². The van der Waals surface area contributed by atoms with Gasteiger partial charge >= 0.3 is 0 Å². The lowest BCUT2D eigenvalue weighted by Crippen LogP contribution is -2.14. The Morgan fingerprint density at radius 1 is 1.07 bits per heavy atom. The van der Waals surface area contributed by atoms with Gasteiger partial charge in [-0.15, -0.1) is 0 Å². The first-order chi connectivity index (χ1) is 13.1. The van der Waals surface area contributed by atoms with Gasteiger partial charge in [-0.25, -0.2) is 0 Å². The van der Waals surface area contributed by atoms with Crippen LogP contribution in [0.2, 0.25) is 0 Å². The molecule has 1 heterocycles. The number of carbonyl (C=O) groups excluding carboxylic acids is 1. The summed E-state index contributed by atoms with van der Waals surface area (Å²) >= 11 is 0. The van der Waals surface area contributed by atoms with E-state index in [-0.39, 0.29) is 5.91 Å². The second-order valence-electron chi connectivity index (χ2n) is 6.20. The van der Waals surface area contributed by atoms with Crippen LogP contribution < -0.4 is 15.4 Å². The molecule has 0 spiro atoms. The van der Waals surface area contributed by atoms with Crippen LogP contribution in [0.25, 0.3) is 0 Å². The number of pyridine rings is 1. The van der Waals surface area contributed by atoms with Crippen LogP contribution in [0.4, 0.5) is 17.1 Å². The summed E-state index contributed by atoms with van der Waals surface area (Å²) in [5, 5.41) is 6.28. The van der Waals surface area contributed by atoms with Gasteiger partial charge in [0.25, 0.3) is 5.91 Å². The molecule has 0 aliphatic rings. The van der Waals surface area contributed by atoms with Gasteiger partial charge in [-0.05, 0) is 48.7 Å². The minimum absolute atomic E-state index is 0.271. The number of anilines is 3. The maximum absolute atomic E-state index is 12.6. The van der Waals surface area contributed by atoms with E-state index in [4.69, 9.17) is 4.74 Å². The number of hydrogen-bond donors (Lipinski definition) is 2. The molecule has 5 heteroatoms. The van der Waals surface area contributed by atoms with Crippen molar-refractivity contribution in [2.24, 2.45) is 0 Å². The molecule has 5 nitrogen and oxygen atoms in total. The number of amides is 1. The SMILES string of the molecule is CCc1cccc(C)c1Nc1ccnc(C(=O)Nc2cccc(OC)c2)c1. The predicted octanol–water partition coefficient (Wildman–Crippen LogP) is 4.96. The van der Waals surface area contributed by atoms with Crippen LogP contribution in [0.3, 0.4) is 0 Å². The Bertz CT molecular complexity index is 954. The van der Waals surface area contributed by atoms with Crippen molar-refractivity contribution in [2.75, 3.05) is 17.7 Å². The zero-order chi connectivity index (χ0) is 19.2. The van der Waals surface area contributed by atoms with E-state index in [1.165, 1.54) is 5.56 Å². The van der Waals surface area contributed by atoms with Gasteiger partial charge in [0.2, 0.25) is 0 Å². The Morgan fingerprint density at radius 3 is 2.67 bits per heavy atom. The molecule has 3 aromatic rings. The average molecular weight is 361 g/mol. The Morgan fingerprint density at radius 2 is 1.89 bits per heavy atom. The Balaban J connectivity index is 1.80. The number of aromatic nitrogens is 1. The fourth-order valence-electron chi connectivity index (χ4n) is 2.87. The summed E-state index contributed by atoms with van der Waals surface area (Å²) < 4.78 is 5.18. The molecule has 0 unspecified atom stereocenters. The van der Waals surface area contributed by atoms with E-state index in [9.17, 15) is 4.79 Å². The number of hydrogen-bond acceptors (Lipinski definition) is 4. The number of rotatable bonds is 6. The first kappa shape index (κ1) is 18.5. The second-order valence-corrected chi connectivity index (χ2v) is 6.20. The van der Waals surface area contributed by atoms with E-state index in [1.807, 2.05) is 24.3 Å². The summed E-state index contributed by atoms with van der Waals surface area (Å²) in [6.45, 7) is 4.19. The minimum atomic E-state index is -0.271. The molecule has 0 aliphatic heterocycles. The standard InChI is InChI=1S/C22H23N3O2/c1-4-16-8-5-7-15(2)21(16)24-18-11-12-23-20(14-18)22(26)25-17-9-6-10-19(13-17)27-3/h5-14H,4H2,1-3H3,(H,23,24)(H,25,26). The maximum atomic E-state index is 12.6. The zero-order valence-corrected chi connectivity index (χ0v) is 15.7. The molecule has 3 rings (SSSR count). The molecule has 1 amide bonds. The summed E-state index contributed by atoms with van der Waals surface area (Å²) in [6.07, 6.45) is 2.56. The molecule has 0 aliphatic carbocycles. The summed E-state index contributed by atoms with van der Waals surface area (Å²) in [6, 6.07) is 17.1. The summed E-state index contributed by atoms with van der Waals surface area (Å²) in [4.78, 5) is 16.8. The quantitative estimate of drug-likeness (QED) is 0.651. The molecule has 0 saturated carbocycles. The van der Waals surface area contributed by atoms with Crippen molar-refractivity contribution in [3.63, 3.8) is 0 Å². The topological polar surface area (TPSA) is 63.2 Å². The smallest absolute Gasteiger partial charge is 0.274 e. The zero-order valence-electron chi connectivity index (χ0n) is 15.7. The lowest BCUT2D eigenvalue weighted by molar-refractivity contribution is 0.102. The fourth-order valence-corrected chi connectivity index (χ4v) is 2.87. The van der Waals surface area contributed by atoms with Crippen molar-refractivity contribution < 1.29 is 9.53 Å². The van der Waals surface area contributed by atoms with Gasteiger partial charge < -0.3 is 15.4 Å². The van der Waals surface area contributed by atoms with Gasteiger partial charge in [-0.3, -0.25) is 9.78 Å². The highest BCUT2D eigenvalue weighted by Crippen LogP contribution is 2.25. The average Bonchev–Trinajstić information content (AvgIpc) is 2.70. The Kier molecular flexibility index (Phi) is 5.71. The van der Waals surface area contributed by atoms with Crippen molar-refractivity contribution in [3.8, 4) is 5.75 Å². The van der Waals surface area contributed by atoms with Gasteiger partial charge in [0.15, 0.2) is 0 Å². The number of nitrogens with zero attached hydrogens (tertiary/aromatic N) is 1. The number of methoxy groups -OCH3 is 1. The maximum Gasteiger partial charge on any atom is 0.274 e. The molecule has 0 fully saturated rings. The lowest BCUT2D eigenvalue weighted by atomic mass is 10.1. The summed E-state index contributed by atoms with van der Waals surface area (Å²) in [5.74, 6) is 0.412. The van der Waals surface area contributed by atoms with Gasteiger partial charge in [0.1, 0.15) is 11.4 Å². The van der Waals surface area contributed by atoms with Crippen LogP contribution in [-0.4, -0.2) is 18.0 Å². The molecule has 1 aromatic heterocycles. The largest absolute Gasteiger partial charge is 0.497 e. The van der Waals surface area contributed by atoms with Crippen LogP contribution in [0, 0.1) is 6.92 Å². The summed E-state index contributed by atoms with van der Waals surface area (Å²) in [7, 11) is 1.59. The Hall–Kier alpha value is -3.34. The second kappa shape index (κ2) is 8.36. The summed E-state index contributed by atoms with van der Waals surface area (Å²) in [5.41, 5.74) is 5.29. The van der Waals surface area contributed by atoms with Gasteiger partial charge in [-0.1, -0.05) is 31.2 Å². The molecule has 0 bridgehead atoms. The third-order valence-electron chi connectivity index (χ3n) is 4.33. The molecule has 0 atom stereocenters. The van der Waals surface area contributed by atoms with E-state index >= 15 is 0 Å². The molecule has 2 aromatic carbocycles. The first-order valence-electron chi connectivity index (χ1n) is 8.87. The van der Waals surface area contributed by atoms with Crippen molar-refractivity contribution in [3.05, 3.63) is 77.6 Å². The number of nitrogens with one attached hydrogen (secondary N) is 2. The van der Waals surface area contributed by atoms with Crippen LogP contribution in [0.5, 0.6) is 5.75 Å². The minimum Gasteiger partial charge on any atom is -0.497 e. The highest BCUT2D eigenvalue weighted by molar-refractivity contribution is 6.03. The molecule has 27 heavy (non-hydrogen) atoms. The van der Waals surface area contributed by atoms with Gasteiger partial charge in [0, 0.05) is 29.3 Å². The lowest BCUT2D eigenvalue weighted by Gasteiger charge is -2.14. The number of aryl methyl sites for hydroxylation is 2. The monoisotopic (exact) mass is 361 g/mol. The molecular weight excluding hydrogens is 338 g/mol. The van der Waals surface area contributed by atoms with Crippen LogP contribution in [0.15, 0.2) is 60.8 Å². The van der Waals surface area contributed by atoms with Crippen molar-refractivity contribution >= 4 is 23.0 Å². The van der Waals surface area contributed by atoms with Crippen LogP contribution in [-0.2, 0) is 6.42 Å². The number of carbonyl (C=O) groups is 1. The highest BCUT2D eigenvalue weighted by atomic mass is 16.5. The van der Waals surface area contributed by atoms with Crippen molar-refractivity contribution in [1.29, 1.82) is 0 Å². The number of benzene rings is 2. The molecule has 0 saturated heterocycles. The number of para-hydroxylation sites is 1.